The number of hydrogen-bond acceptors (Lipinski definition) is 4. The lowest BCUT2D eigenvalue weighted by molar-refractivity contribution is -0.136. The van der Waals surface area contributed by atoms with Gasteiger partial charge in [0.15, 0.2) is 0 Å². The van der Waals surface area contributed by atoms with Gasteiger partial charge < -0.3 is 15.5 Å². The SMILES string of the molecule is CN(C)C(CNC(=O)C(=O)Nc1ccc(F)cc1)c1ccsc1. The molecule has 0 saturated carbocycles. The van der Waals surface area contributed by atoms with Gasteiger partial charge in [0.05, 0.1) is 6.04 Å². The van der Waals surface area contributed by atoms with Crippen LogP contribution in [0.2, 0.25) is 0 Å². The summed E-state index contributed by atoms with van der Waals surface area (Å²) in [6.45, 7) is 0.319. The van der Waals surface area contributed by atoms with E-state index in [1.165, 1.54) is 24.3 Å². The molecule has 0 radical (unpaired) electrons. The number of nitrogens with one attached hydrogen (secondary N) is 2. The van der Waals surface area contributed by atoms with E-state index >= 15 is 0 Å². The first kappa shape index (κ1) is 17.1. The maximum absolute atomic E-state index is 12.8. The van der Waals surface area contributed by atoms with E-state index in [4.69, 9.17) is 0 Å². The van der Waals surface area contributed by atoms with Gasteiger partial charge in [-0.1, -0.05) is 0 Å². The molecule has 5 nitrogen and oxygen atoms in total. The molecule has 1 unspecified atom stereocenters. The van der Waals surface area contributed by atoms with Crippen LogP contribution < -0.4 is 10.6 Å². The van der Waals surface area contributed by atoms with Gasteiger partial charge in [-0.2, -0.15) is 11.3 Å². The lowest BCUT2D eigenvalue weighted by Crippen LogP contribution is -2.40. The monoisotopic (exact) mass is 335 g/mol. The highest BCUT2D eigenvalue weighted by molar-refractivity contribution is 7.07. The van der Waals surface area contributed by atoms with Crippen molar-refractivity contribution in [2.75, 3.05) is 26.0 Å². The average molecular weight is 335 g/mol. The summed E-state index contributed by atoms with van der Waals surface area (Å²) in [5.74, 6) is -1.91. The molecule has 0 saturated heterocycles. The van der Waals surface area contributed by atoms with Gasteiger partial charge in [-0.3, -0.25) is 9.59 Å². The number of anilines is 1. The van der Waals surface area contributed by atoms with E-state index in [9.17, 15) is 14.0 Å². The highest BCUT2D eigenvalue weighted by Crippen LogP contribution is 2.19. The van der Waals surface area contributed by atoms with Crippen molar-refractivity contribution < 1.29 is 14.0 Å². The second-order valence-corrected chi connectivity index (χ2v) is 5.99. The number of amides is 2. The number of rotatable bonds is 5. The number of nitrogens with zero attached hydrogens (tertiary/aromatic N) is 1. The molecule has 1 aromatic heterocycles. The van der Waals surface area contributed by atoms with E-state index in [1.54, 1.807) is 11.3 Å². The number of carbonyl (C=O) groups is 2. The third-order valence-electron chi connectivity index (χ3n) is 3.32. The van der Waals surface area contributed by atoms with Crippen LogP contribution in [0.3, 0.4) is 0 Å². The van der Waals surface area contributed by atoms with E-state index in [1.807, 2.05) is 35.8 Å². The molecular formula is C16H18FN3O2S. The molecule has 2 amide bonds. The summed E-state index contributed by atoms with van der Waals surface area (Å²) in [4.78, 5) is 25.7. The zero-order valence-electron chi connectivity index (χ0n) is 12.9. The third-order valence-corrected chi connectivity index (χ3v) is 4.02. The van der Waals surface area contributed by atoms with Gasteiger partial charge in [0.1, 0.15) is 5.82 Å². The van der Waals surface area contributed by atoms with Gasteiger partial charge >= 0.3 is 11.8 Å². The zero-order chi connectivity index (χ0) is 16.8. The maximum Gasteiger partial charge on any atom is 0.313 e. The van der Waals surface area contributed by atoms with E-state index in [-0.39, 0.29) is 6.04 Å². The third kappa shape index (κ3) is 4.87. The highest BCUT2D eigenvalue weighted by Gasteiger charge is 2.19. The Morgan fingerprint density at radius 2 is 1.87 bits per heavy atom. The molecule has 0 aliphatic heterocycles. The Labute approximate surface area is 138 Å². The van der Waals surface area contributed by atoms with Crippen molar-refractivity contribution in [3.05, 3.63) is 52.5 Å². The summed E-state index contributed by atoms with van der Waals surface area (Å²) >= 11 is 1.58. The minimum atomic E-state index is -0.778. The molecule has 0 aliphatic carbocycles. The number of benzene rings is 1. The van der Waals surface area contributed by atoms with Gasteiger partial charge in [-0.25, -0.2) is 4.39 Å². The molecule has 122 valence electrons. The van der Waals surface area contributed by atoms with Crippen LogP contribution in [0.15, 0.2) is 41.1 Å². The van der Waals surface area contributed by atoms with Crippen molar-refractivity contribution in [3.63, 3.8) is 0 Å². The molecule has 2 aromatic rings. The summed E-state index contributed by atoms with van der Waals surface area (Å²) in [7, 11) is 3.82. The predicted molar refractivity (Wildman–Crippen MR) is 88.8 cm³/mol. The molecular weight excluding hydrogens is 317 g/mol. The average Bonchev–Trinajstić information content (AvgIpc) is 3.03. The number of hydrogen-bond donors (Lipinski definition) is 2. The molecule has 0 aliphatic rings. The van der Waals surface area contributed by atoms with Crippen LogP contribution >= 0.6 is 11.3 Å². The molecule has 0 bridgehead atoms. The van der Waals surface area contributed by atoms with E-state index in [0.29, 0.717) is 12.2 Å². The van der Waals surface area contributed by atoms with Gasteiger partial charge in [-0.05, 0) is 60.8 Å². The predicted octanol–water partition coefficient (Wildman–Crippen LogP) is 2.24. The van der Waals surface area contributed by atoms with Crippen LogP contribution in [-0.4, -0.2) is 37.4 Å². The van der Waals surface area contributed by atoms with Crippen molar-refractivity contribution in [2.24, 2.45) is 0 Å². The largest absolute Gasteiger partial charge is 0.346 e. The smallest absolute Gasteiger partial charge is 0.313 e. The quantitative estimate of drug-likeness (QED) is 0.824. The Balaban J connectivity index is 1.90. The molecule has 1 heterocycles. The van der Waals surface area contributed by atoms with Gasteiger partial charge in [0.25, 0.3) is 0 Å². The normalized spacial score (nSPS) is 12.0. The molecule has 1 aromatic carbocycles. The number of likely N-dealkylation sites (N-methyl/N-ethyl adjacent to an activating group) is 1. The van der Waals surface area contributed by atoms with Gasteiger partial charge in [0, 0.05) is 12.2 Å². The molecule has 23 heavy (non-hydrogen) atoms. The van der Waals surface area contributed by atoms with Crippen LogP contribution in [0.25, 0.3) is 0 Å². The lowest BCUT2D eigenvalue weighted by atomic mass is 10.1. The fourth-order valence-corrected chi connectivity index (χ4v) is 2.76. The second kappa shape index (κ2) is 7.85. The fraction of sp³-hybridized carbons (Fsp3) is 0.250. The Morgan fingerprint density at radius 1 is 1.17 bits per heavy atom. The van der Waals surface area contributed by atoms with Crippen LogP contribution in [0, 0.1) is 5.82 Å². The number of thiophene rings is 1. The minimum Gasteiger partial charge on any atom is -0.346 e. The van der Waals surface area contributed by atoms with Crippen molar-refractivity contribution in [3.8, 4) is 0 Å². The zero-order valence-corrected chi connectivity index (χ0v) is 13.7. The minimum absolute atomic E-state index is 0.0104. The molecule has 1 atom stereocenters. The maximum atomic E-state index is 12.8. The summed E-state index contributed by atoms with van der Waals surface area (Å²) in [5, 5.41) is 9.03. The van der Waals surface area contributed by atoms with E-state index in [0.717, 1.165) is 5.56 Å². The second-order valence-electron chi connectivity index (χ2n) is 5.21. The van der Waals surface area contributed by atoms with Crippen molar-refractivity contribution >= 4 is 28.8 Å². The van der Waals surface area contributed by atoms with Crippen molar-refractivity contribution in [2.45, 2.75) is 6.04 Å². The van der Waals surface area contributed by atoms with Crippen molar-refractivity contribution in [1.29, 1.82) is 0 Å². The van der Waals surface area contributed by atoms with Crippen LogP contribution in [0.5, 0.6) is 0 Å². The van der Waals surface area contributed by atoms with E-state index < -0.39 is 17.6 Å². The Kier molecular flexibility index (Phi) is 5.84. The topological polar surface area (TPSA) is 61.4 Å². The fourth-order valence-electron chi connectivity index (χ4n) is 2.05. The summed E-state index contributed by atoms with van der Waals surface area (Å²) < 4.78 is 12.8. The first-order valence-electron chi connectivity index (χ1n) is 7.00. The molecule has 2 N–H and O–H groups in total. The Morgan fingerprint density at radius 3 is 2.43 bits per heavy atom. The van der Waals surface area contributed by atoms with Crippen LogP contribution in [0.1, 0.15) is 11.6 Å². The molecule has 0 spiro atoms. The molecule has 0 fully saturated rings. The summed E-state index contributed by atoms with van der Waals surface area (Å²) in [6, 6.07) is 7.20. The first-order chi connectivity index (χ1) is 11.0. The summed E-state index contributed by atoms with van der Waals surface area (Å²) in [5.41, 5.74) is 1.45. The van der Waals surface area contributed by atoms with E-state index in [2.05, 4.69) is 10.6 Å². The standard InChI is InChI=1S/C16H18FN3O2S/c1-20(2)14(11-7-8-23-10-11)9-18-15(21)16(22)19-13-5-3-12(17)4-6-13/h3-8,10,14H,9H2,1-2H3,(H,18,21)(H,19,22). The summed E-state index contributed by atoms with van der Waals surface area (Å²) in [6.07, 6.45) is 0. The lowest BCUT2D eigenvalue weighted by Gasteiger charge is -2.23. The highest BCUT2D eigenvalue weighted by atomic mass is 32.1. The molecule has 7 heteroatoms. The Bertz CT molecular complexity index is 656. The first-order valence-corrected chi connectivity index (χ1v) is 7.95. The van der Waals surface area contributed by atoms with Crippen LogP contribution in [-0.2, 0) is 9.59 Å². The van der Waals surface area contributed by atoms with Gasteiger partial charge in [-0.15, -0.1) is 0 Å². The number of carbonyl (C=O) groups excluding carboxylic acids is 2. The number of halogens is 1. The molecule has 2 rings (SSSR count). The Hall–Kier alpha value is -2.25. The van der Waals surface area contributed by atoms with Crippen molar-refractivity contribution in [1.82, 2.24) is 10.2 Å². The van der Waals surface area contributed by atoms with Crippen LogP contribution in [0.4, 0.5) is 10.1 Å². The van der Waals surface area contributed by atoms with Gasteiger partial charge in [0.2, 0.25) is 0 Å².